The van der Waals surface area contributed by atoms with Crippen LogP contribution < -0.4 is 0 Å². The van der Waals surface area contributed by atoms with Crippen LogP contribution in [-0.4, -0.2) is 48.1 Å². The number of nitrogens with zero attached hydrogens (tertiary/aromatic N) is 2. The summed E-state index contributed by atoms with van der Waals surface area (Å²) < 4.78 is 0. The van der Waals surface area contributed by atoms with Gasteiger partial charge in [-0.25, -0.2) is 0 Å². The van der Waals surface area contributed by atoms with Gasteiger partial charge >= 0.3 is 0 Å². The number of halogens is 1. The normalized spacial score (nSPS) is 25.0. The molecule has 126 valence electrons. The van der Waals surface area contributed by atoms with Crippen LogP contribution in [0.5, 0.6) is 0 Å². The lowest BCUT2D eigenvalue weighted by Crippen LogP contribution is -2.47. The second-order valence-electron chi connectivity index (χ2n) is 6.55. The molecule has 24 heavy (non-hydrogen) atoms. The lowest BCUT2D eigenvalue weighted by molar-refractivity contribution is 0.0195. The Bertz CT molecular complexity index is 746. The third kappa shape index (κ3) is 2.98. The molecule has 0 aromatic heterocycles. The summed E-state index contributed by atoms with van der Waals surface area (Å²) in [6, 6.07) is 14.2. The lowest BCUT2D eigenvalue weighted by Gasteiger charge is -2.40. The molecular formula is C19H21ClN2OS. The first-order valence-corrected chi connectivity index (χ1v) is 9.50. The molecule has 1 fully saturated rings. The van der Waals surface area contributed by atoms with Gasteiger partial charge in [0.2, 0.25) is 0 Å². The smallest absolute Gasteiger partial charge is 0.0998 e. The van der Waals surface area contributed by atoms with Gasteiger partial charge in [-0.2, -0.15) is 0 Å². The fourth-order valence-electron chi connectivity index (χ4n) is 3.62. The van der Waals surface area contributed by atoms with E-state index in [9.17, 15) is 5.11 Å². The van der Waals surface area contributed by atoms with Crippen molar-refractivity contribution >= 4 is 23.4 Å². The Morgan fingerprint density at radius 1 is 1.00 bits per heavy atom. The standard InChI is InChI=1S/C19H21ClN2OS/c1-21-8-10-22(11-9-21)18-15-12-13(20)6-7-17(15)24-16-5-3-2-4-14(16)19(18)23/h2-7,12,18-19,23H,8-11H2,1H3/t18-,19-/m1/s1. The van der Waals surface area contributed by atoms with Crippen LogP contribution >= 0.6 is 23.4 Å². The van der Waals surface area contributed by atoms with Crippen LogP contribution in [0.1, 0.15) is 23.3 Å². The molecule has 2 aromatic rings. The maximum absolute atomic E-state index is 11.2. The molecule has 0 radical (unpaired) electrons. The first kappa shape index (κ1) is 16.4. The van der Waals surface area contributed by atoms with Gasteiger partial charge in [-0.05, 0) is 42.4 Å². The van der Waals surface area contributed by atoms with Gasteiger partial charge in [-0.3, -0.25) is 4.90 Å². The second-order valence-corrected chi connectivity index (χ2v) is 8.07. The average Bonchev–Trinajstić information content (AvgIpc) is 2.70. The summed E-state index contributed by atoms with van der Waals surface area (Å²) in [6.45, 7) is 3.95. The number of aliphatic hydroxyl groups is 1. The molecule has 1 N–H and O–H groups in total. The second kappa shape index (κ2) is 6.70. The molecule has 3 nitrogen and oxygen atoms in total. The molecule has 0 spiro atoms. The van der Waals surface area contributed by atoms with Gasteiger partial charge < -0.3 is 10.0 Å². The maximum atomic E-state index is 11.2. The molecule has 5 heteroatoms. The van der Waals surface area contributed by atoms with Crippen molar-refractivity contribution in [1.29, 1.82) is 0 Å². The van der Waals surface area contributed by atoms with Gasteiger partial charge in [-0.15, -0.1) is 0 Å². The Labute approximate surface area is 152 Å². The van der Waals surface area contributed by atoms with Gasteiger partial charge in [0.1, 0.15) is 0 Å². The Hall–Kier alpha value is -1.04. The van der Waals surface area contributed by atoms with Crippen molar-refractivity contribution in [3.63, 3.8) is 0 Å². The summed E-state index contributed by atoms with van der Waals surface area (Å²) in [5.41, 5.74) is 2.15. The molecule has 0 amide bonds. The van der Waals surface area contributed by atoms with Crippen LogP contribution in [0.15, 0.2) is 52.3 Å². The highest BCUT2D eigenvalue weighted by molar-refractivity contribution is 7.99. The summed E-state index contributed by atoms with van der Waals surface area (Å²) in [5, 5.41) is 12.0. The Morgan fingerprint density at radius 2 is 1.71 bits per heavy atom. The van der Waals surface area contributed by atoms with Gasteiger partial charge in [0.05, 0.1) is 12.1 Å². The first-order valence-electron chi connectivity index (χ1n) is 8.30. The van der Waals surface area contributed by atoms with E-state index in [2.05, 4.69) is 29.0 Å². The summed E-state index contributed by atoms with van der Waals surface area (Å²) in [5.74, 6) is 0. The Balaban J connectivity index is 1.82. The number of likely N-dealkylation sites (N-methyl/N-ethyl adjacent to an activating group) is 1. The number of hydrogen-bond acceptors (Lipinski definition) is 4. The SMILES string of the molecule is CN1CCN([C@@H]2c3cc(Cl)ccc3Sc3ccccc3[C@H]2O)CC1. The van der Waals surface area contributed by atoms with E-state index in [1.165, 1.54) is 4.90 Å². The number of rotatable bonds is 1. The van der Waals surface area contributed by atoms with E-state index in [4.69, 9.17) is 11.6 Å². The summed E-state index contributed by atoms with van der Waals surface area (Å²) in [6.07, 6.45) is -0.545. The molecule has 2 aromatic carbocycles. The van der Waals surface area contributed by atoms with Crippen LogP contribution in [0.25, 0.3) is 0 Å². The quantitative estimate of drug-likeness (QED) is 0.836. The molecular weight excluding hydrogens is 340 g/mol. The zero-order valence-corrected chi connectivity index (χ0v) is 15.2. The average molecular weight is 361 g/mol. The van der Waals surface area contributed by atoms with Crippen molar-refractivity contribution in [3.8, 4) is 0 Å². The molecule has 2 aliphatic heterocycles. The predicted octanol–water partition coefficient (Wildman–Crippen LogP) is 3.83. The molecule has 0 aliphatic carbocycles. The van der Waals surface area contributed by atoms with Crippen molar-refractivity contribution in [2.24, 2.45) is 0 Å². The van der Waals surface area contributed by atoms with E-state index < -0.39 is 6.10 Å². The maximum Gasteiger partial charge on any atom is 0.0998 e. The third-order valence-electron chi connectivity index (χ3n) is 4.98. The fourth-order valence-corrected chi connectivity index (χ4v) is 4.92. The van der Waals surface area contributed by atoms with Crippen LogP contribution in [0, 0.1) is 0 Å². The molecule has 0 saturated carbocycles. The minimum absolute atomic E-state index is 0.0523. The van der Waals surface area contributed by atoms with Crippen molar-refractivity contribution in [1.82, 2.24) is 9.80 Å². The number of piperazine rings is 1. The monoisotopic (exact) mass is 360 g/mol. The zero-order chi connectivity index (χ0) is 16.7. The summed E-state index contributed by atoms with van der Waals surface area (Å²) in [4.78, 5) is 7.06. The zero-order valence-electron chi connectivity index (χ0n) is 13.7. The highest BCUT2D eigenvalue weighted by Crippen LogP contribution is 2.48. The predicted molar refractivity (Wildman–Crippen MR) is 98.8 cm³/mol. The molecule has 4 rings (SSSR count). The van der Waals surface area contributed by atoms with E-state index in [1.54, 1.807) is 11.8 Å². The van der Waals surface area contributed by atoms with E-state index in [-0.39, 0.29) is 6.04 Å². The topological polar surface area (TPSA) is 26.7 Å². The highest BCUT2D eigenvalue weighted by atomic mass is 35.5. The van der Waals surface area contributed by atoms with E-state index in [0.717, 1.165) is 47.2 Å². The largest absolute Gasteiger partial charge is 0.386 e. The van der Waals surface area contributed by atoms with Crippen molar-refractivity contribution in [2.75, 3.05) is 33.2 Å². The van der Waals surface area contributed by atoms with Gasteiger partial charge in [-0.1, -0.05) is 41.6 Å². The highest BCUT2D eigenvalue weighted by Gasteiger charge is 2.35. The molecule has 1 saturated heterocycles. The number of aliphatic hydroxyl groups excluding tert-OH is 1. The van der Waals surface area contributed by atoms with Crippen molar-refractivity contribution < 1.29 is 5.11 Å². The Kier molecular flexibility index (Phi) is 4.58. The summed E-state index contributed by atoms with van der Waals surface area (Å²) in [7, 11) is 2.15. The van der Waals surface area contributed by atoms with Crippen molar-refractivity contribution in [3.05, 3.63) is 58.6 Å². The Morgan fingerprint density at radius 3 is 2.50 bits per heavy atom. The molecule has 2 heterocycles. The van der Waals surface area contributed by atoms with Gasteiger partial charge in [0, 0.05) is 41.0 Å². The molecule has 0 bridgehead atoms. The molecule has 2 atom stereocenters. The van der Waals surface area contributed by atoms with Crippen LogP contribution in [-0.2, 0) is 0 Å². The first-order chi connectivity index (χ1) is 11.6. The van der Waals surface area contributed by atoms with Crippen molar-refractivity contribution in [2.45, 2.75) is 21.9 Å². The van der Waals surface area contributed by atoms with Crippen LogP contribution in [0.2, 0.25) is 5.02 Å². The van der Waals surface area contributed by atoms with Gasteiger partial charge in [0.25, 0.3) is 0 Å². The lowest BCUT2D eigenvalue weighted by atomic mass is 9.94. The van der Waals surface area contributed by atoms with E-state index in [0.29, 0.717) is 0 Å². The van der Waals surface area contributed by atoms with Gasteiger partial charge in [0.15, 0.2) is 0 Å². The minimum Gasteiger partial charge on any atom is -0.386 e. The van der Waals surface area contributed by atoms with E-state index in [1.807, 2.05) is 30.3 Å². The van der Waals surface area contributed by atoms with Crippen LogP contribution in [0.4, 0.5) is 0 Å². The number of fused-ring (bicyclic) bond motifs is 2. The minimum atomic E-state index is -0.545. The molecule has 2 aliphatic rings. The summed E-state index contributed by atoms with van der Waals surface area (Å²) >= 11 is 8.03. The number of hydrogen-bond donors (Lipinski definition) is 1. The van der Waals surface area contributed by atoms with E-state index >= 15 is 0 Å². The molecule has 0 unspecified atom stereocenters. The third-order valence-corrected chi connectivity index (χ3v) is 6.40. The number of benzene rings is 2. The fraction of sp³-hybridized carbons (Fsp3) is 0.368. The van der Waals surface area contributed by atoms with Crippen LogP contribution in [0.3, 0.4) is 0 Å².